The Kier molecular flexibility index (Phi) is 9.41. The Hall–Kier alpha value is -2.90. The van der Waals surface area contributed by atoms with Crippen LogP contribution in [-0.4, -0.2) is 6.61 Å². The molecule has 0 aliphatic heterocycles. The van der Waals surface area contributed by atoms with Gasteiger partial charge in [0, 0.05) is 11.1 Å². The molecule has 0 N–H and O–H groups in total. The molecule has 0 radical (unpaired) electrons. The average molecular weight is 357 g/mol. The Morgan fingerprint density at radius 3 is 1.89 bits per heavy atom. The number of unbranched alkanes of at least 4 members (excludes halogenated alkanes) is 2. The maximum absolute atomic E-state index is 5.70. The number of hydrogen-bond donors (Lipinski definition) is 0. The zero-order valence-corrected chi connectivity index (χ0v) is 16.4. The van der Waals surface area contributed by atoms with E-state index >= 15 is 0 Å². The highest BCUT2D eigenvalue weighted by atomic mass is 16.5. The summed E-state index contributed by atoms with van der Waals surface area (Å²) in [6.45, 7) is 5.16. The van der Waals surface area contributed by atoms with E-state index in [0.29, 0.717) is 0 Å². The Morgan fingerprint density at radius 1 is 0.741 bits per heavy atom. The van der Waals surface area contributed by atoms with Crippen molar-refractivity contribution in [2.75, 3.05) is 6.61 Å². The fourth-order valence-electron chi connectivity index (χ4n) is 2.55. The third-order valence-electron chi connectivity index (χ3n) is 4.05. The maximum atomic E-state index is 5.70. The second-order valence-electron chi connectivity index (χ2n) is 6.40. The van der Waals surface area contributed by atoms with Gasteiger partial charge in [-0.15, -0.1) is 0 Å². The highest BCUT2D eigenvalue weighted by Crippen LogP contribution is 2.12. The highest BCUT2D eigenvalue weighted by Gasteiger charge is 1.93. The molecule has 0 heterocycles. The number of allylic oxidation sites excluding steroid dienone is 2. The van der Waals surface area contributed by atoms with Crippen LogP contribution in [0.5, 0.6) is 5.75 Å². The van der Waals surface area contributed by atoms with Gasteiger partial charge in [-0.25, -0.2) is 0 Å². The number of rotatable bonds is 7. The molecule has 0 spiro atoms. The minimum absolute atomic E-state index is 0.779. The van der Waals surface area contributed by atoms with Crippen molar-refractivity contribution in [2.45, 2.75) is 46.0 Å². The molecule has 0 bridgehead atoms. The Labute approximate surface area is 164 Å². The van der Waals surface area contributed by atoms with Crippen molar-refractivity contribution >= 4 is 0 Å². The van der Waals surface area contributed by atoms with Crippen molar-refractivity contribution in [1.82, 2.24) is 0 Å². The van der Waals surface area contributed by atoms with E-state index in [1.165, 1.54) is 24.8 Å². The first-order valence-electron chi connectivity index (χ1n) is 9.81. The normalized spacial score (nSPS) is 10.0. The lowest BCUT2D eigenvalue weighted by Gasteiger charge is -2.05. The summed E-state index contributed by atoms with van der Waals surface area (Å²) in [5.41, 5.74) is 3.36. The molecule has 1 heteroatoms. The molecule has 0 unspecified atom stereocenters. The van der Waals surface area contributed by atoms with E-state index in [1.807, 2.05) is 24.3 Å². The van der Waals surface area contributed by atoms with Crippen molar-refractivity contribution < 1.29 is 4.74 Å². The molecule has 0 saturated heterocycles. The van der Waals surface area contributed by atoms with E-state index in [-0.39, 0.29) is 0 Å². The van der Waals surface area contributed by atoms with E-state index in [9.17, 15) is 0 Å². The first-order valence-corrected chi connectivity index (χ1v) is 9.81. The summed E-state index contributed by atoms with van der Waals surface area (Å²) in [4.78, 5) is 0. The Balaban J connectivity index is 1.80. The van der Waals surface area contributed by atoms with Crippen LogP contribution in [0.1, 0.15) is 56.2 Å². The summed E-state index contributed by atoms with van der Waals surface area (Å²) < 4.78 is 5.70. The summed E-state index contributed by atoms with van der Waals surface area (Å²) in [6.07, 6.45) is 9.39. The van der Waals surface area contributed by atoms with Crippen LogP contribution in [0, 0.1) is 23.7 Å². The summed E-state index contributed by atoms with van der Waals surface area (Å²) in [6, 6.07) is 16.4. The van der Waals surface area contributed by atoms with Crippen LogP contribution in [0.25, 0.3) is 0 Å². The van der Waals surface area contributed by atoms with Crippen molar-refractivity contribution in [3.05, 3.63) is 77.4 Å². The van der Waals surface area contributed by atoms with E-state index in [1.54, 1.807) is 12.2 Å². The molecule has 27 heavy (non-hydrogen) atoms. The second kappa shape index (κ2) is 12.5. The van der Waals surface area contributed by atoms with Gasteiger partial charge < -0.3 is 4.74 Å². The SMILES string of the molecule is CCCCCOc1ccc(C#C/C=C/C#Cc2ccc(CCC)cc2)cc1. The summed E-state index contributed by atoms with van der Waals surface area (Å²) >= 11 is 0. The predicted octanol–water partition coefficient (Wildman–Crippen LogP) is 6.17. The Bertz CT molecular complexity index is 818. The first kappa shape index (κ1) is 20.4. The van der Waals surface area contributed by atoms with Gasteiger partial charge in [0.1, 0.15) is 5.75 Å². The largest absolute Gasteiger partial charge is 0.494 e. The monoisotopic (exact) mass is 356 g/mol. The van der Waals surface area contributed by atoms with Crippen LogP contribution >= 0.6 is 0 Å². The number of hydrogen-bond acceptors (Lipinski definition) is 1. The number of benzene rings is 2. The van der Waals surface area contributed by atoms with Gasteiger partial charge in [0.2, 0.25) is 0 Å². The van der Waals surface area contributed by atoms with Crippen molar-refractivity contribution in [3.63, 3.8) is 0 Å². The van der Waals surface area contributed by atoms with Crippen LogP contribution in [0.15, 0.2) is 60.7 Å². The van der Waals surface area contributed by atoms with Gasteiger partial charge in [-0.2, -0.15) is 0 Å². The lowest BCUT2D eigenvalue weighted by molar-refractivity contribution is 0.306. The molecule has 0 amide bonds. The zero-order valence-electron chi connectivity index (χ0n) is 16.4. The smallest absolute Gasteiger partial charge is 0.119 e. The highest BCUT2D eigenvalue weighted by molar-refractivity contribution is 5.42. The van der Waals surface area contributed by atoms with Gasteiger partial charge in [-0.05, 0) is 67.0 Å². The summed E-state index contributed by atoms with van der Waals surface area (Å²) in [5, 5.41) is 0. The molecule has 2 aromatic carbocycles. The molecule has 0 aliphatic rings. The van der Waals surface area contributed by atoms with Gasteiger partial charge in [0.05, 0.1) is 6.61 Å². The van der Waals surface area contributed by atoms with Gasteiger partial charge in [-0.1, -0.05) is 68.9 Å². The molecule has 0 saturated carbocycles. The molecule has 0 aromatic heterocycles. The van der Waals surface area contributed by atoms with Gasteiger partial charge in [-0.3, -0.25) is 0 Å². The fraction of sp³-hybridized carbons (Fsp3) is 0.308. The molecule has 138 valence electrons. The van der Waals surface area contributed by atoms with Crippen LogP contribution in [0.3, 0.4) is 0 Å². The topological polar surface area (TPSA) is 9.23 Å². The Morgan fingerprint density at radius 2 is 1.33 bits per heavy atom. The minimum Gasteiger partial charge on any atom is -0.494 e. The predicted molar refractivity (Wildman–Crippen MR) is 115 cm³/mol. The fourth-order valence-corrected chi connectivity index (χ4v) is 2.55. The van der Waals surface area contributed by atoms with E-state index in [4.69, 9.17) is 4.74 Å². The second-order valence-corrected chi connectivity index (χ2v) is 6.40. The average Bonchev–Trinajstić information content (AvgIpc) is 2.70. The van der Waals surface area contributed by atoms with Crippen LogP contribution in [-0.2, 0) is 6.42 Å². The molecule has 0 fully saturated rings. The molecule has 2 rings (SSSR count). The molecule has 2 aromatic rings. The maximum Gasteiger partial charge on any atom is 0.119 e. The molecule has 0 atom stereocenters. The number of aryl methyl sites for hydroxylation is 1. The molecule has 1 nitrogen and oxygen atoms in total. The third kappa shape index (κ3) is 8.35. The van der Waals surface area contributed by atoms with Gasteiger partial charge in [0.15, 0.2) is 0 Å². The first-order chi connectivity index (χ1) is 13.3. The third-order valence-corrected chi connectivity index (χ3v) is 4.05. The van der Waals surface area contributed by atoms with E-state index < -0.39 is 0 Å². The van der Waals surface area contributed by atoms with Crippen LogP contribution < -0.4 is 4.74 Å². The van der Waals surface area contributed by atoms with E-state index in [0.717, 1.165) is 36.3 Å². The minimum atomic E-state index is 0.779. The van der Waals surface area contributed by atoms with E-state index in [2.05, 4.69) is 61.8 Å². The van der Waals surface area contributed by atoms with Crippen LogP contribution in [0.2, 0.25) is 0 Å². The van der Waals surface area contributed by atoms with Crippen LogP contribution in [0.4, 0.5) is 0 Å². The molecular formula is C26H28O. The standard InChI is InChI=1S/C26H28O/c1-3-5-10-22-27-26-20-18-25(19-21-26)13-9-7-6-8-12-24-16-14-23(11-4-2)15-17-24/h6-7,14-21H,3-5,10-11,22H2,1-2H3/b7-6+. The quantitative estimate of drug-likeness (QED) is 0.426. The summed E-state index contributed by atoms with van der Waals surface area (Å²) in [5.74, 6) is 13.2. The zero-order chi connectivity index (χ0) is 19.2. The molecule has 0 aliphatic carbocycles. The van der Waals surface area contributed by atoms with Gasteiger partial charge >= 0.3 is 0 Å². The van der Waals surface area contributed by atoms with Crippen molar-refractivity contribution in [3.8, 4) is 29.4 Å². The summed E-state index contributed by atoms with van der Waals surface area (Å²) in [7, 11) is 0. The number of ether oxygens (including phenoxy) is 1. The molecular weight excluding hydrogens is 328 g/mol. The lowest BCUT2D eigenvalue weighted by atomic mass is 10.1. The van der Waals surface area contributed by atoms with Crippen molar-refractivity contribution in [2.24, 2.45) is 0 Å². The lowest BCUT2D eigenvalue weighted by Crippen LogP contribution is -1.96. The van der Waals surface area contributed by atoms with Gasteiger partial charge in [0.25, 0.3) is 0 Å². The van der Waals surface area contributed by atoms with Crippen molar-refractivity contribution in [1.29, 1.82) is 0 Å².